The maximum atomic E-state index is 4.68. The van der Waals surface area contributed by atoms with Crippen LogP contribution in [-0.4, -0.2) is 39.6 Å². The average molecular weight is 276 g/mol. The Bertz CT molecular complexity index is 440. The molecule has 3 heterocycles. The Kier molecular flexibility index (Phi) is 4.29. The average Bonchev–Trinajstić information content (AvgIpc) is 3.02. The fourth-order valence-corrected chi connectivity index (χ4v) is 3.70. The molecule has 0 amide bonds. The molecule has 2 fully saturated rings. The van der Waals surface area contributed by atoms with E-state index in [1.807, 2.05) is 0 Å². The Labute approximate surface area is 122 Å². The first-order valence-electron chi connectivity index (χ1n) is 8.30. The summed E-state index contributed by atoms with van der Waals surface area (Å²) in [6, 6.07) is 1.43. The quantitative estimate of drug-likeness (QED) is 0.897. The van der Waals surface area contributed by atoms with E-state index < -0.39 is 0 Å². The highest BCUT2D eigenvalue weighted by atomic mass is 15.2. The third kappa shape index (κ3) is 3.00. The summed E-state index contributed by atoms with van der Waals surface area (Å²) in [5.74, 6) is 1.09. The van der Waals surface area contributed by atoms with Crippen molar-refractivity contribution in [3.05, 3.63) is 11.9 Å². The summed E-state index contributed by atoms with van der Waals surface area (Å²) in [4.78, 5) is 7.36. The van der Waals surface area contributed by atoms with Crippen LogP contribution < -0.4 is 5.32 Å². The zero-order valence-corrected chi connectivity index (χ0v) is 12.9. The molecule has 0 spiro atoms. The van der Waals surface area contributed by atoms with Crippen LogP contribution in [0.4, 0.5) is 5.95 Å². The summed E-state index contributed by atoms with van der Waals surface area (Å²) < 4.78 is 2.31. The SMILES string of the molecule is CCCCn1cc(C)nc1NC1CCN2CCCC2C1. The van der Waals surface area contributed by atoms with Crippen LogP contribution in [0.2, 0.25) is 0 Å². The summed E-state index contributed by atoms with van der Waals surface area (Å²) in [6.07, 6.45) is 9.98. The second kappa shape index (κ2) is 6.17. The molecule has 3 rings (SSSR count). The second-order valence-electron chi connectivity index (χ2n) is 6.45. The molecule has 2 unspecified atom stereocenters. The molecule has 0 aliphatic carbocycles. The molecule has 2 saturated heterocycles. The molecular formula is C16H28N4. The molecular weight excluding hydrogens is 248 g/mol. The van der Waals surface area contributed by atoms with Gasteiger partial charge < -0.3 is 14.8 Å². The van der Waals surface area contributed by atoms with Gasteiger partial charge in [0.15, 0.2) is 0 Å². The number of rotatable bonds is 5. The summed E-state index contributed by atoms with van der Waals surface area (Å²) in [5, 5.41) is 3.72. The lowest BCUT2D eigenvalue weighted by atomic mass is 9.98. The number of hydrogen-bond donors (Lipinski definition) is 1. The topological polar surface area (TPSA) is 33.1 Å². The van der Waals surface area contributed by atoms with E-state index in [1.54, 1.807) is 0 Å². The highest BCUT2D eigenvalue weighted by Crippen LogP contribution is 2.28. The highest BCUT2D eigenvalue weighted by molar-refractivity contribution is 5.30. The number of aromatic nitrogens is 2. The third-order valence-corrected chi connectivity index (χ3v) is 4.80. The number of anilines is 1. The van der Waals surface area contributed by atoms with E-state index in [-0.39, 0.29) is 0 Å². The van der Waals surface area contributed by atoms with Gasteiger partial charge in [-0.25, -0.2) is 4.98 Å². The van der Waals surface area contributed by atoms with E-state index in [9.17, 15) is 0 Å². The van der Waals surface area contributed by atoms with Crippen molar-refractivity contribution < 1.29 is 0 Å². The van der Waals surface area contributed by atoms with Crippen molar-refractivity contribution in [3.8, 4) is 0 Å². The fourth-order valence-electron chi connectivity index (χ4n) is 3.70. The molecule has 2 atom stereocenters. The lowest BCUT2D eigenvalue weighted by Gasteiger charge is -2.35. The van der Waals surface area contributed by atoms with Crippen molar-refractivity contribution in [1.82, 2.24) is 14.5 Å². The number of piperidine rings is 1. The molecule has 112 valence electrons. The molecule has 0 aromatic carbocycles. The fraction of sp³-hybridized carbons (Fsp3) is 0.812. The third-order valence-electron chi connectivity index (χ3n) is 4.80. The summed E-state index contributed by atoms with van der Waals surface area (Å²) in [6.45, 7) is 8.00. The molecule has 1 aromatic rings. The van der Waals surface area contributed by atoms with Crippen LogP contribution in [0.5, 0.6) is 0 Å². The molecule has 4 nitrogen and oxygen atoms in total. The number of nitrogens with zero attached hydrogens (tertiary/aromatic N) is 3. The van der Waals surface area contributed by atoms with Gasteiger partial charge in [-0.2, -0.15) is 0 Å². The minimum absolute atomic E-state index is 0.608. The molecule has 0 radical (unpaired) electrons. The van der Waals surface area contributed by atoms with E-state index in [1.165, 1.54) is 51.6 Å². The van der Waals surface area contributed by atoms with Crippen molar-refractivity contribution in [2.45, 2.75) is 71.0 Å². The zero-order chi connectivity index (χ0) is 13.9. The van der Waals surface area contributed by atoms with Crippen molar-refractivity contribution in [1.29, 1.82) is 0 Å². The van der Waals surface area contributed by atoms with Gasteiger partial charge in [0.2, 0.25) is 5.95 Å². The van der Waals surface area contributed by atoms with Gasteiger partial charge in [0.05, 0.1) is 5.69 Å². The summed E-state index contributed by atoms with van der Waals surface area (Å²) >= 11 is 0. The largest absolute Gasteiger partial charge is 0.353 e. The number of nitrogens with one attached hydrogen (secondary N) is 1. The molecule has 1 aromatic heterocycles. The Balaban J connectivity index is 1.62. The Hall–Kier alpha value is -1.03. The first-order chi connectivity index (χ1) is 9.76. The molecule has 20 heavy (non-hydrogen) atoms. The minimum atomic E-state index is 0.608. The van der Waals surface area contributed by atoms with Gasteiger partial charge in [0.25, 0.3) is 0 Å². The van der Waals surface area contributed by atoms with Gasteiger partial charge in [-0.1, -0.05) is 13.3 Å². The molecule has 2 aliphatic rings. The number of fused-ring (bicyclic) bond motifs is 1. The van der Waals surface area contributed by atoms with E-state index in [2.05, 4.69) is 39.8 Å². The van der Waals surface area contributed by atoms with Gasteiger partial charge in [-0.05, 0) is 45.6 Å². The van der Waals surface area contributed by atoms with Crippen LogP contribution in [-0.2, 0) is 6.54 Å². The lowest BCUT2D eigenvalue weighted by molar-refractivity contribution is 0.187. The van der Waals surface area contributed by atoms with E-state index >= 15 is 0 Å². The van der Waals surface area contributed by atoms with Gasteiger partial charge >= 0.3 is 0 Å². The maximum absolute atomic E-state index is 4.68. The van der Waals surface area contributed by atoms with Crippen molar-refractivity contribution >= 4 is 5.95 Å². The molecule has 0 saturated carbocycles. The van der Waals surface area contributed by atoms with Crippen LogP contribution in [0, 0.1) is 6.92 Å². The Morgan fingerprint density at radius 2 is 2.25 bits per heavy atom. The van der Waals surface area contributed by atoms with E-state index in [0.29, 0.717) is 6.04 Å². The van der Waals surface area contributed by atoms with Crippen molar-refractivity contribution in [2.24, 2.45) is 0 Å². The lowest BCUT2D eigenvalue weighted by Crippen LogP contribution is -2.43. The van der Waals surface area contributed by atoms with Gasteiger partial charge in [0.1, 0.15) is 0 Å². The van der Waals surface area contributed by atoms with E-state index in [4.69, 9.17) is 0 Å². The van der Waals surface area contributed by atoms with Crippen LogP contribution >= 0.6 is 0 Å². The van der Waals surface area contributed by atoms with Crippen LogP contribution in [0.15, 0.2) is 6.20 Å². The predicted molar refractivity (Wildman–Crippen MR) is 83.1 cm³/mol. The minimum Gasteiger partial charge on any atom is -0.353 e. The van der Waals surface area contributed by atoms with Crippen molar-refractivity contribution in [3.63, 3.8) is 0 Å². The van der Waals surface area contributed by atoms with Crippen LogP contribution in [0.25, 0.3) is 0 Å². The number of aryl methyl sites for hydroxylation is 2. The molecule has 0 bridgehead atoms. The van der Waals surface area contributed by atoms with Gasteiger partial charge in [-0.3, -0.25) is 0 Å². The highest BCUT2D eigenvalue weighted by Gasteiger charge is 2.31. The molecule has 2 aliphatic heterocycles. The number of imidazole rings is 1. The first-order valence-corrected chi connectivity index (χ1v) is 8.30. The summed E-state index contributed by atoms with van der Waals surface area (Å²) in [7, 11) is 0. The number of unbranched alkanes of at least 4 members (excludes halogenated alkanes) is 1. The number of hydrogen-bond acceptors (Lipinski definition) is 3. The van der Waals surface area contributed by atoms with Crippen LogP contribution in [0.1, 0.15) is 51.1 Å². The first kappa shape index (κ1) is 13.9. The van der Waals surface area contributed by atoms with Crippen LogP contribution in [0.3, 0.4) is 0 Å². The Morgan fingerprint density at radius 3 is 3.10 bits per heavy atom. The molecule has 4 heteroatoms. The maximum Gasteiger partial charge on any atom is 0.203 e. The summed E-state index contributed by atoms with van der Waals surface area (Å²) in [5.41, 5.74) is 1.13. The normalized spacial score (nSPS) is 26.7. The standard InChI is InChI=1S/C16H28N4/c1-3-4-8-20-12-13(2)17-16(20)18-14-7-10-19-9-5-6-15(19)11-14/h12,14-15H,3-11H2,1-2H3,(H,17,18). The monoisotopic (exact) mass is 276 g/mol. The smallest absolute Gasteiger partial charge is 0.203 e. The second-order valence-corrected chi connectivity index (χ2v) is 6.45. The van der Waals surface area contributed by atoms with Gasteiger partial charge in [0, 0.05) is 31.4 Å². The zero-order valence-electron chi connectivity index (χ0n) is 12.9. The molecule has 1 N–H and O–H groups in total. The van der Waals surface area contributed by atoms with Gasteiger partial charge in [-0.15, -0.1) is 0 Å². The van der Waals surface area contributed by atoms with Crippen molar-refractivity contribution in [2.75, 3.05) is 18.4 Å². The Morgan fingerprint density at radius 1 is 1.35 bits per heavy atom. The van der Waals surface area contributed by atoms with E-state index in [0.717, 1.165) is 24.2 Å². The predicted octanol–water partition coefficient (Wildman–Crippen LogP) is 3.03.